The molecule has 1 aliphatic heterocycles. The summed E-state index contributed by atoms with van der Waals surface area (Å²) in [5, 5.41) is 3.18. The average molecular weight is 361 g/mol. The number of ether oxygens (including phenoxy) is 1. The molecule has 128 valence electrons. The predicted octanol–water partition coefficient (Wildman–Crippen LogP) is 1.71. The van der Waals surface area contributed by atoms with Crippen LogP contribution in [0.2, 0.25) is 5.02 Å². The number of anilines is 1. The van der Waals surface area contributed by atoms with E-state index < -0.39 is 10.0 Å². The molecule has 23 heavy (non-hydrogen) atoms. The van der Waals surface area contributed by atoms with Crippen molar-refractivity contribution in [3.05, 3.63) is 28.8 Å². The molecule has 0 spiro atoms. The van der Waals surface area contributed by atoms with Crippen LogP contribution in [0.4, 0.5) is 5.69 Å². The highest BCUT2D eigenvalue weighted by Gasteiger charge is 2.24. The third kappa shape index (κ3) is 4.83. The van der Waals surface area contributed by atoms with Gasteiger partial charge in [0, 0.05) is 18.2 Å². The van der Waals surface area contributed by atoms with Crippen LogP contribution in [0.1, 0.15) is 18.4 Å². The van der Waals surface area contributed by atoms with Crippen molar-refractivity contribution < 1.29 is 17.9 Å². The largest absolute Gasteiger partial charge is 0.376 e. The van der Waals surface area contributed by atoms with E-state index in [1.807, 2.05) is 0 Å². The highest BCUT2D eigenvalue weighted by Crippen LogP contribution is 2.27. The minimum atomic E-state index is -3.61. The highest BCUT2D eigenvalue weighted by atomic mass is 35.5. The molecule has 1 aromatic carbocycles. The number of carbonyl (C=O) groups is 1. The van der Waals surface area contributed by atoms with Gasteiger partial charge in [-0.3, -0.25) is 9.10 Å². The molecule has 0 saturated carbocycles. The van der Waals surface area contributed by atoms with Gasteiger partial charge in [-0.2, -0.15) is 0 Å². The number of rotatable bonds is 6. The molecule has 6 nitrogen and oxygen atoms in total. The molecule has 0 aliphatic carbocycles. The Balaban J connectivity index is 2.10. The Bertz CT molecular complexity index is 672. The zero-order valence-electron chi connectivity index (χ0n) is 13.2. The van der Waals surface area contributed by atoms with E-state index in [9.17, 15) is 13.2 Å². The molecular weight excluding hydrogens is 340 g/mol. The predicted molar refractivity (Wildman–Crippen MR) is 90.4 cm³/mol. The summed E-state index contributed by atoms with van der Waals surface area (Å²) >= 11 is 6.05. The van der Waals surface area contributed by atoms with Crippen LogP contribution in [-0.2, 0) is 19.6 Å². The van der Waals surface area contributed by atoms with Crippen molar-refractivity contribution in [3.8, 4) is 0 Å². The van der Waals surface area contributed by atoms with Crippen molar-refractivity contribution in [2.24, 2.45) is 0 Å². The van der Waals surface area contributed by atoms with E-state index in [2.05, 4.69) is 5.32 Å². The first-order chi connectivity index (χ1) is 10.8. The van der Waals surface area contributed by atoms with Gasteiger partial charge in [-0.1, -0.05) is 17.7 Å². The molecule has 1 atom stereocenters. The second-order valence-corrected chi connectivity index (χ2v) is 7.91. The molecule has 1 aliphatic rings. The Labute approximate surface area is 141 Å². The number of nitrogens with one attached hydrogen (secondary N) is 1. The summed E-state index contributed by atoms with van der Waals surface area (Å²) in [6.45, 7) is 2.54. The lowest BCUT2D eigenvalue weighted by atomic mass is 10.2. The maximum Gasteiger partial charge on any atom is 0.240 e. The Kier molecular flexibility index (Phi) is 5.89. The Morgan fingerprint density at radius 2 is 2.22 bits per heavy atom. The molecule has 1 amide bonds. The Hall–Kier alpha value is -1.31. The van der Waals surface area contributed by atoms with E-state index in [0.29, 0.717) is 29.4 Å². The maximum atomic E-state index is 12.1. The number of nitrogens with zero attached hydrogens (tertiary/aromatic N) is 1. The normalized spacial score (nSPS) is 18.0. The van der Waals surface area contributed by atoms with Crippen molar-refractivity contribution in [2.45, 2.75) is 25.9 Å². The monoisotopic (exact) mass is 360 g/mol. The molecule has 8 heteroatoms. The number of halogens is 1. The fraction of sp³-hybridized carbons (Fsp3) is 0.533. The minimum Gasteiger partial charge on any atom is -0.376 e. The SMILES string of the molecule is Cc1c(Cl)cccc1N(CC(=O)NC[C@@H]1CCCO1)S(C)(=O)=O. The first kappa shape index (κ1) is 18.0. The number of amides is 1. The second kappa shape index (κ2) is 7.51. The summed E-state index contributed by atoms with van der Waals surface area (Å²) in [4.78, 5) is 12.1. The van der Waals surface area contributed by atoms with Crippen LogP contribution >= 0.6 is 11.6 Å². The minimum absolute atomic E-state index is 0.0125. The van der Waals surface area contributed by atoms with E-state index >= 15 is 0 Å². The van der Waals surface area contributed by atoms with Crippen molar-refractivity contribution in [1.82, 2.24) is 5.32 Å². The third-order valence-corrected chi connectivity index (χ3v) is 5.28. The molecule has 0 unspecified atom stereocenters. The first-order valence-electron chi connectivity index (χ1n) is 7.40. The molecule has 1 saturated heterocycles. The van der Waals surface area contributed by atoms with Crippen LogP contribution in [0.25, 0.3) is 0 Å². The van der Waals surface area contributed by atoms with Gasteiger partial charge in [-0.25, -0.2) is 8.42 Å². The Morgan fingerprint density at radius 1 is 1.48 bits per heavy atom. The van der Waals surface area contributed by atoms with E-state index in [4.69, 9.17) is 16.3 Å². The lowest BCUT2D eigenvalue weighted by Gasteiger charge is -2.24. The summed E-state index contributed by atoms with van der Waals surface area (Å²) in [6.07, 6.45) is 2.97. The van der Waals surface area contributed by atoms with E-state index in [1.165, 1.54) is 0 Å². The number of carbonyl (C=O) groups excluding carboxylic acids is 1. The van der Waals surface area contributed by atoms with Gasteiger partial charge in [0.2, 0.25) is 15.9 Å². The van der Waals surface area contributed by atoms with Gasteiger partial charge in [0.05, 0.1) is 18.0 Å². The molecule has 0 radical (unpaired) electrons. The standard InChI is InChI=1S/C15H21ClN2O4S/c1-11-13(16)6-3-7-14(11)18(23(2,20)21)10-15(19)17-9-12-5-4-8-22-12/h3,6-7,12H,4-5,8-10H2,1-2H3,(H,17,19)/t12-/m0/s1. The van der Waals surface area contributed by atoms with Crippen LogP contribution < -0.4 is 9.62 Å². The van der Waals surface area contributed by atoms with Gasteiger partial charge in [0.1, 0.15) is 6.54 Å². The molecule has 1 aromatic rings. The lowest BCUT2D eigenvalue weighted by molar-refractivity contribution is -0.120. The smallest absolute Gasteiger partial charge is 0.240 e. The number of benzene rings is 1. The molecule has 2 rings (SSSR count). The van der Waals surface area contributed by atoms with E-state index in [-0.39, 0.29) is 18.6 Å². The van der Waals surface area contributed by atoms with Crippen LogP contribution in [0.15, 0.2) is 18.2 Å². The van der Waals surface area contributed by atoms with Gasteiger partial charge in [-0.05, 0) is 37.5 Å². The van der Waals surface area contributed by atoms with Gasteiger partial charge in [0.25, 0.3) is 0 Å². The van der Waals surface area contributed by atoms with Crippen LogP contribution in [0.5, 0.6) is 0 Å². The lowest BCUT2D eigenvalue weighted by Crippen LogP contribution is -2.42. The maximum absolute atomic E-state index is 12.1. The molecule has 1 heterocycles. The second-order valence-electron chi connectivity index (χ2n) is 5.59. The fourth-order valence-electron chi connectivity index (χ4n) is 2.47. The van der Waals surface area contributed by atoms with Crippen LogP contribution in [0.3, 0.4) is 0 Å². The summed E-state index contributed by atoms with van der Waals surface area (Å²) in [6, 6.07) is 4.97. The van der Waals surface area contributed by atoms with Gasteiger partial charge < -0.3 is 10.1 Å². The third-order valence-electron chi connectivity index (χ3n) is 3.75. The molecule has 1 N–H and O–H groups in total. The van der Waals surface area contributed by atoms with Crippen LogP contribution in [0, 0.1) is 6.92 Å². The fourth-order valence-corrected chi connectivity index (χ4v) is 3.54. The van der Waals surface area contributed by atoms with Gasteiger partial charge in [0.15, 0.2) is 0 Å². The van der Waals surface area contributed by atoms with Crippen molar-refractivity contribution in [1.29, 1.82) is 0 Å². The molecular formula is C15H21ClN2O4S. The molecule has 0 aromatic heterocycles. The molecule has 1 fully saturated rings. The zero-order chi connectivity index (χ0) is 17.0. The zero-order valence-corrected chi connectivity index (χ0v) is 14.8. The average Bonchev–Trinajstić information content (AvgIpc) is 2.98. The van der Waals surface area contributed by atoms with Gasteiger partial charge in [-0.15, -0.1) is 0 Å². The summed E-state index contributed by atoms with van der Waals surface area (Å²) in [5.74, 6) is -0.370. The van der Waals surface area contributed by atoms with E-state index in [1.54, 1.807) is 25.1 Å². The van der Waals surface area contributed by atoms with Crippen molar-refractivity contribution in [2.75, 3.05) is 30.3 Å². The van der Waals surface area contributed by atoms with Crippen LogP contribution in [-0.4, -0.2) is 46.4 Å². The number of sulfonamides is 1. The quantitative estimate of drug-likeness (QED) is 0.838. The first-order valence-corrected chi connectivity index (χ1v) is 9.63. The number of hydrogen-bond donors (Lipinski definition) is 1. The van der Waals surface area contributed by atoms with E-state index in [0.717, 1.165) is 23.4 Å². The highest BCUT2D eigenvalue weighted by molar-refractivity contribution is 7.92. The summed E-state index contributed by atoms with van der Waals surface area (Å²) in [5.41, 5.74) is 1.03. The summed E-state index contributed by atoms with van der Waals surface area (Å²) in [7, 11) is -3.61. The topological polar surface area (TPSA) is 75.7 Å². The number of hydrogen-bond acceptors (Lipinski definition) is 4. The molecule has 0 bridgehead atoms. The Morgan fingerprint density at radius 3 is 2.83 bits per heavy atom. The van der Waals surface area contributed by atoms with Crippen molar-refractivity contribution >= 4 is 33.2 Å². The summed E-state index contributed by atoms with van der Waals surface area (Å²) < 4.78 is 30.6. The van der Waals surface area contributed by atoms with Gasteiger partial charge >= 0.3 is 0 Å². The van der Waals surface area contributed by atoms with Crippen molar-refractivity contribution in [3.63, 3.8) is 0 Å².